The number of rotatable bonds is 1. The van der Waals surface area contributed by atoms with E-state index in [1.165, 1.54) is 9.99 Å². The van der Waals surface area contributed by atoms with E-state index >= 15 is 0 Å². The number of halogens is 2. The molecular formula is C15H20ClIN2O. The summed E-state index contributed by atoms with van der Waals surface area (Å²) in [4.78, 5) is 14.4. The average molecular weight is 407 g/mol. The summed E-state index contributed by atoms with van der Waals surface area (Å²) in [5.74, 6) is 0.192. The summed E-state index contributed by atoms with van der Waals surface area (Å²) in [6.07, 6.45) is 3.57. The fourth-order valence-corrected chi connectivity index (χ4v) is 3.54. The van der Waals surface area contributed by atoms with E-state index < -0.39 is 0 Å². The fraction of sp³-hybridized carbons (Fsp3) is 0.533. The molecule has 1 N–H and O–H groups in total. The van der Waals surface area contributed by atoms with Crippen LogP contribution in [0.1, 0.15) is 29.6 Å². The predicted octanol–water partition coefficient (Wildman–Crippen LogP) is 2.93. The van der Waals surface area contributed by atoms with E-state index in [0.29, 0.717) is 5.41 Å². The van der Waals surface area contributed by atoms with Crippen LogP contribution in [0.5, 0.6) is 0 Å². The molecule has 5 heteroatoms. The molecular weight excluding hydrogens is 387 g/mol. The number of piperidine rings is 1. The number of carbonyl (C=O) groups is 1. The van der Waals surface area contributed by atoms with Gasteiger partial charge in [-0.1, -0.05) is 0 Å². The summed E-state index contributed by atoms with van der Waals surface area (Å²) in [5.41, 5.74) is 1.30. The van der Waals surface area contributed by atoms with Crippen LogP contribution < -0.4 is 5.32 Å². The number of amides is 1. The summed E-state index contributed by atoms with van der Waals surface area (Å²) in [6, 6.07) is 7.87. The van der Waals surface area contributed by atoms with Gasteiger partial charge < -0.3 is 10.2 Å². The lowest BCUT2D eigenvalue weighted by atomic mass is 9.78. The average Bonchev–Trinajstić information content (AvgIpc) is 2.88. The smallest absolute Gasteiger partial charge is 0.253 e. The molecule has 3 nitrogen and oxygen atoms in total. The SMILES string of the molecule is Cl.O=C(c1ccc(I)cc1)N1CCC2(CCNC2)CC1. The highest BCUT2D eigenvalue weighted by Gasteiger charge is 2.38. The first-order valence-corrected chi connectivity index (χ1v) is 8.02. The van der Waals surface area contributed by atoms with Crippen LogP contribution in [-0.2, 0) is 0 Å². The van der Waals surface area contributed by atoms with Gasteiger partial charge in [-0.2, -0.15) is 0 Å². The first-order valence-electron chi connectivity index (χ1n) is 6.94. The topological polar surface area (TPSA) is 32.3 Å². The zero-order chi connectivity index (χ0) is 13.3. The number of carbonyl (C=O) groups excluding carboxylic acids is 1. The zero-order valence-electron chi connectivity index (χ0n) is 11.4. The molecule has 1 aromatic carbocycles. The number of nitrogens with zero attached hydrogens (tertiary/aromatic N) is 1. The third-order valence-electron chi connectivity index (χ3n) is 4.53. The van der Waals surface area contributed by atoms with Crippen molar-refractivity contribution in [2.45, 2.75) is 19.3 Å². The lowest BCUT2D eigenvalue weighted by Crippen LogP contribution is -2.44. The van der Waals surface area contributed by atoms with E-state index in [4.69, 9.17) is 0 Å². The van der Waals surface area contributed by atoms with E-state index in [9.17, 15) is 4.79 Å². The lowest BCUT2D eigenvalue weighted by molar-refractivity contribution is 0.0607. The Kier molecular flexibility index (Phi) is 5.31. The van der Waals surface area contributed by atoms with Crippen LogP contribution in [0, 0.1) is 8.99 Å². The van der Waals surface area contributed by atoms with Crippen LogP contribution in [0.3, 0.4) is 0 Å². The molecule has 2 saturated heterocycles. The van der Waals surface area contributed by atoms with Crippen molar-refractivity contribution in [3.8, 4) is 0 Å². The standard InChI is InChI=1S/C15H19IN2O.ClH/c16-13-3-1-12(2-4-13)14(19)18-9-6-15(7-10-18)5-8-17-11-15;/h1-4,17H,5-11H2;1H. The molecule has 0 unspecified atom stereocenters. The van der Waals surface area contributed by atoms with Crippen molar-refractivity contribution in [1.29, 1.82) is 0 Å². The van der Waals surface area contributed by atoms with Gasteiger partial charge in [0.15, 0.2) is 0 Å². The number of likely N-dealkylation sites (tertiary alicyclic amines) is 1. The summed E-state index contributed by atoms with van der Waals surface area (Å²) in [5, 5.41) is 3.46. The molecule has 2 aliphatic heterocycles. The highest BCUT2D eigenvalue weighted by Crippen LogP contribution is 2.37. The Morgan fingerprint density at radius 1 is 1.15 bits per heavy atom. The van der Waals surface area contributed by atoms with E-state index in [-0.39, 0.29) is 18.3 Å². The normalized spacial score (nSPS) is 20.8. The summed E-state index contributed by atoms with van der Waals surface area (Å²) < 4.78 is 1.17. The second-order valence-electron chi connectivity index (χ2n) is 5.73. The maximum Gasteiger partial charge on any atom is 0.253 e. The summed E-state index contributed by atoms with van der Waals surface area (Å²) in [6.45, 7) is 4.10. The van der Waals surface area contributed by atoms with Crippen LogP contribution in [0.4, 0.5) is 0 Å². The number of nitrogens with one attached hydrogen (secondary N) is 1. The van der Waals surface area contributed by atoms with Crippen molar-refractivity contribution < 1.29 is 4.79 Å². The largest absolute Gasteiger partial charge is 0.339 e. The summed E-state index contributed by atoms with van der Waals surface area (Å²) in [7, 11) is 0. The quantitative estimate of drug-likeness (QED) is 0.727. The van der Waals surface area contributed by atoms with Crippen molar-refractivity contribution in [1.82, 2.24) is 10.2 Å². The van der Waals surface area contributed by atoms with Gasteiger partial charge in [-0.25, -0.2) is 0 Å². The minimum absolute atomic E-state index is 0. The maximum absolute atomic E-state index is 12.4. The molecule has 1 spiro atoms. The zero-order valence-corrected chi connectivity index (χ0v) is 14.4. The first-order chi connectivity index (χ1) is 9.19. The maximum atomic E-state index is 12.4. The molecule has 0 atom stereocenters. The molecule has 1 aromatic rings. The van der Waals surface area contributed by atoms with Gasteiger partial charge in [-0.05, 0) is 78.1 Å². The molecule has 2 fully saturated rings. The molecule has 110 valence electrons. The minimum Gasteiger partial charge on any atom is -0.339 e. The van der Waals surface area contributed by atoms with Crippen LogP contribution in [-0.4, -0.2) is 37.0 Å². The first kappa shape index (κ1) is 16.0. The van der Waals surface area contributed by atoms with Gasteiger partial charge in [-0.3, -0.25) is 4.79 Å². The van der Waals surface area contributed by atoms with Crippen molar-refractivity contribution >= 4 is 40.9 Å². The molecule has 20 heavy (non-hydrogen) atoms. The van der Waals surface area contributed by atoms with Gasteiger partial charge >= 0.3 is 0 Å². The monoisotopic (exact) mass is 406 g/mol. The third-order valence-corrected chi connectivity index (χ3v) is 5.25. The van der Waals surface area contributed by atoms with E-state index in [1.54, 1.807) is 0 Å². The van der Waals surface area contributed by atoms with Crippen molar-refractivity contribution in [2.75, 3.05) is 26.2 Å². The Labute approximate surface area is 140 Å². The van der Waals surface area contributed by atoms with Crippen molar-refractivity contribution in [3.05, 3.63) is 33.4 Å². The fourth-order valence-electron chi connectivity index (χ4n) is 3.18. The molecule has 0 aliphatic carbocycles. The van der Waals surface area contributed by atoms with E-state index in [2.05, 4.69) is 27.9 Å². The predicted molar refractivity (Wildman–Crippen MR) is 91.5 cm³/mol. The highest BCUT2D eigenvalue weighted by molar-refractivity contribution is 14.1. The molecule has 3 rings (SSSR count). The lowest BCUT2D eigenvalue weighted by Gasteiger charge is -2.38. The van der Waals surface area contributed by atoms with E-state index in [0.717, 1.165) is 44.6 Å². The van der Waals surface area contributed by atoms with Crippen LogP contribution in [0.15, 0.2) is 24.3 Å². The highest BCUT2D eigenvalue weighted by atomic mass is 127. The molecule has 0 radical (unpaired) electrons. The Bertz CT molecular complexity index is 461. The Morgan fingerprint density at radius 2 is 1.80 bits per heavy atom. The molecule has 2 heterocycles. The van der Waals surface area contributed by atoms with Gasteiger partial charge in [0, 0.05) is 28.8 Å². The molecule has 0 bridgehead atoms. The van der Waals surface area contributed by atoms with Gasteiger partial charge in [0.2, 0.25) is 0 Å². The number of benzene rings is 1. The Balaban J connectivity index is 0.00000147. The van der Waals surface area contributed by atoms with Crippen LogP contribution in [0.25, 0.3) is 0 Å². The molecule has 2 aliphatic rings. The second-order valence-corrected chi connectivity index (χ2v) is 6.97. The Morgan fingerprint density at radius 3 is 2.35 bits per heavy atom. The third kappa shape index (κ3) is 3.28. The van der Waals surface area contributed by atoms with Crippen LogP contribution >= 0.6 is 35.0 Å². The van der Waals surface area contributed by atoms with Gasteiger partial charge in [-0.15, -0.1) is 12.4 Å². The second kappa shape index (κ2) is 6.62. The molecule has 0 saturated carbocycles. The molecule has 0 aromatic heterocycles. The van der Waals surface area contributed by atoms with Crippen LogP contribution in [0.2, 0.25) is 0 Å². The van der Waals surface area contributed by atoms with Gasteiger partial charge in [0.05, 0.1) is 0 Å². The Hall–Kier alpha value is -0.330. The number of hydrogen-bond acceptors (Lipinski definition) is 2. The van der Waals surface area contributed by atoms with Gasteiger partial charge in [0.1, 0.15) is 0 Å². The van der Waals surface area contributed by atoms with Gasteiger partial charge in [0.25, 0.3) is 5.91 Å². The van der Waals surface area contributed by atoms with E-state index in [1.807, 2.05) is 29.2 Å². The van der Waals surface area contributed by atoms with Crippen molar-refractivity contribution in [2.24, 2.45) is 5.41 Å². The molecule has 1 amide bonds. The summed E-state index contributed by atoms with van der Waals surface area (Å²) >= 11 is 2.26. The van der Waals surface area contributed by atoms with Crippen molar-refractivity contribution in [3.63, 3.8) is 0 Å². The minimum atomic E-state index is 0. The number of hydrogen-bond donors (Lipinski definition) is 1.